The van der Waals surface area contributed by atoms with Crippen LogP contribution in [0.4, 0.5) is 5.69 Å². The van der Waals surface area contributed by atoms with Crippen molar-refractivity contribution >= 4 is 29.9 Å². The van der Waals surface area contributed by atoms with Crippen LogP contribution in [0.2, 0.25) is 0 Å². The highest BCUT2D eigenvalue weighted by Gasteiger charge is 2.34. The highest BCUT2D eigenvalue weighted by molar-refractivity contribution is 5.98. The summed E-state index contributed by atoms with van der Waals surface area (Å²) in [5.74, 6) is -0.492. The summed E-state index contributed by atoms with van der Waals surface area (Å²) >= 11 is 0. The van der Waals surface area contributed by atoms with Gasteiger partial charge in [0.05, 0.1) is 4.92 Å². The van der Waals surface area contributed by atoms with Crippen LogP contribution in [-0.2, 0) is 4.79 Å². The molecular formula is C15H21ClN4O4. The Morgan fingerprint density at radius 1 is 1.46 bits per heavy atom. The van der Waals surface area contributed by atoms with E-state index in [0.717, 1.165) is 6.42 Å². The predicted octanol–water partition coefficient (Wildman–Crippen LogP) is 1.00. The molecule has 24 heavy (non-hydrogen) atoms. The Kier molecular flexibility index (Phi) is 7.12. The quantitative estimate of drug-likeness (QED) is 0.602. The molecule has 1 aromatic rings. The molecule has 0 bridgehead atoms. The van der Waals surface area contributed by atoms with Gasteiger partial charge in [-0.15, -0.1) is 12.4 Å². The average molecular weight is 357 g/mol. The van der Waals surface area contributed by atoms with Gasteiger partial charge in [-0.2, -0.15) is 0 Å². The summed E-state index contributed by atoms with van der Waals surface area (Å²) in [4.78, 5) is 36.6. The van der Waals surface area contributed by atoms with Crippen LogP contribution in [0.1, 0.15) is 28.8 Å². The minimum Gasteiger partial charge on any atom is -0.353 e. The van der Waals surface area contributed by atoms with E-state index in [1.54, 1.807) is 6.92 Å². The van der Waals surface area contributed by atoms with E-state index < -0.39 is 11.0 Å². The summed E-state index contributed by atoms with van der Waals surface area (Å²) in [6.07, 6.45) is 1.35. The van der Waals surface area contributed by atoms with Gasteiger partial charge in [0.2, 0.25) is 5.91 Å². The van der Waals surface area contributed by atoms with E-state index in [1.807, 2.05) is 0 Å². The molecule has 3 N–H and O–H groups in total. The molecular weight excluding hydrogens is 336 g/mol. The smallest absolute Gasteiger partial charge is 0.272 e. The normalized spacial score (nSPS) is 16.4. The van der Waals surface area contributed by atoms with Crippen molar-refractivity contribution in [2.24, 2.45) is 5.73 Å². The van der Waals surface area contributed by atoms with Gasteiger partial charge in [0.25, 0.3) is 11.6 Å². The first kappa shape index (κ1) is 19.9. The molecule has 9 heteroatoms. The number of nitro benzene ring substituents is 1. The van der Waals surface area contributed by atoms with Crippen molar-refractivity contribution in [1.82, 2.24) is 10.2 Å². The van der Waals surface area contributed by atoms with E-state index >= 15 is 0 Å². The van der Waals surface area contributed by atoms with Crippen LogP contribution >= 0.6 is 12.4 Å². The molecule has 1 aromatic carbocycles. The van der Waals surface area contributed by atoms with Crippen LogP contribution in [0.25, 0.3) is 0 Å². The third kappa shape index (κ3) is 4.21. The minimum atomic E-state index is -0.510. The lowest BCUT2D eigenvalue weighted by Crippen LogP contribution is -2.46. The molecule has 0 spiro atoms. The van der Waals surface area contributed by atoms with E-state index in [4.69, 9.17) is 5.73 Å². The summed E-state index contributed by atoms with van der Waals surface area (Å²) < 4.78 is 0. The minimum absolute atomic E-state index is 0. The van der Waals surface area contributed by atoms with E-state index in [1.165, 1.54) is 23.1 Å². The topological polar surface area (TPSA) is 119 Å². The van der Waals surface area contributed by atoms with Crippen molar-refractivity contribution in [2.75, 3.05) is 19.6 Å². The molecule has 1 atom stereocenters. The van der Waals surface area contributed by atoms with Crippen molar-refractivity contribution in [3.8, 4) is 0 Å². The van der Waals surface area contributed by atoms with Gasteiger partial charge in [-0.1, -0.05) is 0 Å². The first-order chi connectivity index (χ1) is 11.0. The van der Waals surface area contributed by atoms with Crippen LogP contribution in [0.15, 0.2) is 18.2 Å². The van der Waals surface area contributed by atoms with Crippen molar-refractivity contribution in [1.29, 1.82) is 0 Å². The van der Waals surface area contributed by atoms with Crippen molar-refractivity contribution in [3.05, 3.63) is 39.4 Å². The number of hydrogen-bond donors (Lipinski definition) is 2. The molecule has 0 aromatic heterocycles. The number of benzene rings is 1. The van der Waals surface area contributed by atoms with Gasteiger partial charge < -0.3 is 16.0 Å². The Morgan fingerprint density at radius 2 is 2.17 bits per heavy atom. The summed E-state index contributed by atoms with van der Waals surface area (Å²) in [7, 11) is 0. The molecule has 8 nitrogen and oxygen atoms in total. The van der Waals surface area contributed by atoms with Gasteiger partial charge in [0.15, 0.2) is 0 Å². The molecule has 2 rings (SSSR count). The number of amides is 2. The summed E-state index contributed by atoms with van der Waals surface area (Å²) in [6, 6.07) is 3.74. The number of nitrogens with two attached hydrogens (primary N) is 1. The van der Waals surface area contributed by atoms with Crippen LogP contribution in [-0.4, -0.2) is 47.3 Å². The van der Waals surface area contributed by atoms with E-state index in [9.17, 15) is 19.7 Å². The van der Waals surface area contributed by atoms with E-state index in [2.05, 4.69) is 5.32 Å². The molecule has 1 fully saturated rings. The highest BCUT2D eigenvalue weighted by atomic mass is 35.5. The highest BCUT2D eigenvalue weighted by Crippen LogP contribution is 2.23. The number of halogens is 1. The van der Waals surface area contributed by atoms with Crippen LogP contribution in [0.5, 0.6) is 0 Å². The SMILES string of the molecule is Cc1cc(C(=O)N2CCCC2C(=O)NCCN)ccc1[N+](=O)[O-].Cl. The van der Waals surface area contributed by atoms with Gasteiger partial charge in [0.1, 0.15) is 6.04 Å². The van der Waals surface area contributed by atoms with Gasteiger partial charge in [-0.3, -0.25) is 19.7 Å². The van der Waals surface area contributed by atoms with Crippen molar-refractivity contribution in [2.45, 2.75) is 25.8 Å². The zero-order chi connectivity index (χ0) is 17.0. The second-order valence-electron chi connectivity index (χ2n) is 5.49. The Bertz CT molecular complexity index is 638. The number of hydrogen-bond acceptors (Lipinski definition) is 5. The van der Waals surface area contributed by atoms with Crippen LogP contribution < -0.4 is 11.1 Å². The molecule has 1 unspecified atom stereocenters. The zero-order valence-electron chi connectivity index (χ0n) is 13.4. The lowest BCUT2D eigenvalue weighted by molar-refractivity contribution is -0.385. The molecule has 2 amide bonds. The van der Waals surface area contributed by atoms with Gasteiger partial charge in [-0.05, 0) is 31.9 Å². The lowest BCUT2D eigenvalue weighted by Gasteiger charge is -2.24. The number of nitrogens with one attached hydrogen (secondary N) is 1. The Balaban J connectivity index is 0.00000288. The number of nitrogens with zero attached hydrogens (tertiary/aromatic N) is 2. The standard InChI is InChI=1S/C15H20N4O4.ClH/c1-10-9-11(4-5-12(10)19(22)23)15(21)18-8-2-3-13(18)14(20)17-7-6-16;/h4-5,9,13H,2-3,6-8,16H2,1H3,(H,17,20);1H. The maximum absolute atomic E-state index is 12.6. The number of aryl methyl sites for hydroxylation is 1. The molecule has 0 saturated carbocycles. The van der Waals surface area contributed by atoms with Crippen LogP contribution in [0.3, 0.4) is 0 Å². The van der Waals surface area contributed by atoms with E-state index in [0.29, 0.717) is 37.2 Å². The fourth-order valence-electron chi connectivity index (χ4n) is 2.75. The average Bonchev–Trinajstić information content (AvgIpc) is 3.00. The van der Waals surface area contributed by atoms with Crippen molar-refractivity contribution < 1.29 is 14.5 Å². The number of carbonyl (C=O) groups excluding carboxylic acids is 2. The fraction of sp³-hybridized carbons (Fsp3) is 0.467. The molecule has 1 heterocycles. The molecule has 132 valence electrons. The molecule has 1 aliphatic heterocycles. The Labute approximate surface area is 145 Å². The van der Waals surface area contributed by atoms with Crippen LogP contribution in [0, 0.1) is 17.0 Å². The van der Waals surface area contributed by atoms with Crippen molar-refractivity contribution in [3.63, 3.8) is 0 Å². The molecule has 1 saturated heterocycles. The number of likely N-dealkylation sites (tertiary alicyclic amines) is 1. The number of rotatable bonds is 5. The monoisotopic (exact) mass is 356 g/mol. The maximum atomic E-state index is 12.6. The van der Waals surface area contributed by atoms with Gasteiger partial charge in [-0.25, -0.2) is 0 Å². The second-order valence-corrected chi connectivity index (χ2v) is 5.49. The maximum Gasteiger partial charge on any atom is 0.272 e. The second kappa shape index (κ2) is 8.60. The fourth-order valence-corrected chi connectivity index (χ4v) is 2.75. The van der Waals surface area contributed by atoms with Gasteiger partial charge in [0, 0.05) is 36.8 Å². The zero-order valence-corrected chi connectivity index (χ0v) is 14.2. The van der Waals surface area contributed by atoms with E-state index in [-0.39, 0.29) is 29.9 Å². The molecule has 0 aliphatic carbocycles. The third-order valence-electron chi connectivity index (χ3n) is 3.90. The summed E-state index contributed by atoms with van der Waals surface area (Å²) in [5.41, 5.74) is 6.11. The summed E-state index contributed by atoms with van der Waals surface area (Å²) in [6.45, 7) is 2.79. The third-order valence-corrected chi connectivity index (χ3v) is 3.90. The first-order valence-electron chi connectivity index (χ1n) is 7.49. The Hall–Kier alpha value is -2.19. The number of carbonyl (C=O) groups is 2. The predicted molar refractivity (Wildman–Crippen MR) is 91.2 cm³/mol. The summed E-state index contributed by atoms with van der Waals surface area (Å²) in [5, 5.41) is 13.5. The first-order valence-corrected chi connectivity index (χ1v) is 7.49. The lowest BCUT2D eigenvalue weighted by atomic mass is 10.1. The molecule has 0 radical (unpaired) electrons. The Morgan fingerprint density at radius 3 is 2.75 bits per heavy atom. The van der Waals surface area contributed by atoms with Gasteiger partial charge >= 0.3 is 0 Å². The molecule has 1 aliphatic rings. The number of nitro groups is 1. The largest absolute Gasteiger partial charge is 0.353 e.